The molecule has 2 aliphatic heterocycles. The standard InChI is InChI=1S/C31H37N5O5S/c1-34(2)42(39,40)33-30(37)20-9-11-26-27(15-20)36-16-22(31(38)35-17-23(32)18-35)13-21-14-24(41-3)10-12-25(21)29(36)28(26)19-7-5-4-6-8-19/h9-15,19,23H,4-8,16-18,32H2,1-3H3,(H,33,37). The molecule has 2 amide bonds. The van der Waals surface area contributed by atoms with Crippen LogP contribution in [-0.4, -0.2) is 74.3 Å². The van der Waals surface area contributed by atoms with Gasteiger partial charge in [0.2, 0.25) is 0 Å². The van der Waals surface area contributed by atoms with Crippen LogP contribution < -0.4 is 15.2 Å². The highest BCUT2D eigenvalue weighted by Gasteiger charge is 2.34. The molecule has 6 rings (SSSR count). The van der Waals surface area contributed by atoms with E-state index in [1.807, 2.05) is 30.3 Å². The van der Waals surface area contributed by atoms with Crippen LogP contribution in [0.3, 0.4) is 0 Å². The average molecular weight is 592 g/mol. The monoisotopic (exact) mass is 591 g/mol. The minimum absolute atomic E-state index is 0.0203. The molecule has 1 saturated carbocycles. The highest BCUT2D eigenvalue weighted by atomic mass is 32.2. The molecular formula is C31H37N5O5S. The number of likely N-dealkylation sites (tertiary alicyclic amines) is 1. The average Bonchev–Trinajstić information content (AvgIpc) is 3.17. The van der Waals surface area contributed by atoms with Gasteiger partial charge in [0.15, 0.2) is 0 Å². The molecule has 3 aromatic rings. The minimum atomic E-state index is -3.97. The SMILES string of the molecule is COc1ccc2c(c1)C=C(C(=O)N1CC(N)C1)Cn1c-2c(C2CCCCC2)c2ccc(C(=O)NS(=O)(=O)N(C)C)cc21. The first-order valence-electron chi connectivity index (χ1n) is 14.4. The fourth-order valence-electron chi connectivity index (χ4n) is 6.46. The number of aromatic nitrogens is 1. The number of rotatable bonds is 6. The van der Waals surface area contributed by atoms with E-state index in [0.717, 1.165) is 57.7 Å². The van der Waals surface area contributed by atoms with Crippen LogP contribution in [0.25, 0.3) is 28.2 Å². The van der Waals surface area contributed by atoms with Crippen molar-refractivity contribution >= 4 is 39.0 Å². The van der Waals surface area contributed by atoms with Crippen molar-refractivity contribution in [2.45, 2.75) is 50.6 Å². The van der Waals surface area contributed by atoms with E-state index in [0.29, 0.717) is 36.9 Å². The van der Waals surface area contributed by atoms with Crippen molar-refractivity contribution in [1.29, 1.82) is 0 Å². The summed E-state index contributed by atoms with van der Waals surface area (Å²) in [6.45, 7) is 1.33. The normalized spacial score (nSPS) is 17.7. The summed E-state index contributed by atoms with van der Waals surface area (Å²) in [5.41, 5.74) is 11.8. The summed E-state index contributed by atoms with van der Waals surface area (Å²) in [4.78, 5) is 28.6. The lowest BCUT2D eigenvalue weighted by molar-refractivity contribution is -0.131. The number of nitrogens with one attached hydrogen (secondary N) is 1. The molecule has 0 spiro atoms. The van der Waals surface area contributed by atoms with Crippen molar-refractivity contribution in [3.63, 3.8) is 0 Å². The predicted molar refractivity (Wildman–Crippen MR) is 162 cm³/mol. The van der Waals surface area contributed by atoms with Gasteiger partial charge in [-0.2, -0.15) is 12.7 Å². The van der Waals surface area contributed by atoms with Gasteiger partial charge in [-0.15, -0.1) is 0 Å². The quantitative estimate of drug-likeness (QED) is 0.452. The van der Waals surface area contributed by atoms with Crippen molar-refractivity contribution in [1.82, 2.24) is 18.5 Å². The van der Waals surface area contributed by atoms with Crippen LogP contribution in [0.5, 0.6) is 5.75 Å². The molecule has 42 heavy (non-hydrogen) atoms. The maximum atomic E-state index is 13.7. The molecule has 3 heterocycles. The molecular weight excluding hydrogens is 554 g/mol. The summed E-state index contributed by atoms with van der Waals surface area (Å²) in [5, 5.41) is 1.02. The number of ether oxygens (including phenoxy) is 1. The smallest absolute Gasteiger partial charge is 0.303 e. The number of methoxy groups -OCH3 is 1. The van der Waals surface area contributed by atoms with Crippen LogP contribution in [0.2, 0.25) is 0 Å². The van der Waals surface area contributed by atoms with Gasteiger partial charge in [-0.25, -0.2) is 4.72 Å². The zero-order chi connectivity index (χ0) is 29.8. The second-order valence-electron chi connectivity index (χ2n) is 11.7. The van der Waals surface area contributed by atoms with E-state index in [9.17, 15) is 18.0 Å². The van der Waals surface area contributed by atoms with Gasteiger partial charge in [0, 0.05) is 60.8 Å². The lowest BCUT2D eigenvalue weighted by Gasteiger charge is -2.37. The topological polar surface area (TPSA) is 127 Å². The van der Waals surface area contributed by atoms with E-state index in [2.05, 4.69) is 9.29 Å². The van der Waals surface area contributed by atoms with Gasteiger partial charge in [-0.3, -0.25) is 9.59 Å². The van der Waals surface area contributed by atoms with Gasteiger partial charge in [0.05, 0.1) is 19.3 Å². The summed E-state index contributed by atoms with van der Waals surface area (Å²) in [6, 6.07) is 11.3. The number of carbonyl (C=O) groups excluding carboxylic acids is 2. The van der Waals surface area contributed by atoms with Crippen molar-refractivity contribution < 1.29 is 22.7 Å². The van der Waals surface area contributed by atoms with Crippen LogP contribution in [0.15, 0.2) is 42.0 Å². The molecule has 2 aromatic carbocycles. The zero-order valence-corrected chi connectivity index (χ0v) is 25.0. The second kappa shape index (κ2) is 10.9. The molecule has 0 bridgehead atoms. The molecule has 3 N–H and O–H groups in total. The number of amides is 2. The Morgan fingerprint density at radius 3 is 2.45 bits per heavy atom. The molecule has 3 aliphatic rings. The number of hydrogen-bond donors (Lipinski definition) is 2. The third-order valence-corrected chi connectivity index (χ3v) is 10.1. The van der Waals surface area contributed by atoms with Crippen LogP contribution in [0.1, 0.15) is 59.5 Å². The molecule has 2 fully saturated rings. The predicted octanol–water partition coefficient (Wildman–Crippen LogP) is 3.47. The third kappa shape index (κ3) is 4.99. The Morgan fingerprint density at radius 2 is 1.79 bits per heavy atom. The van der Waals surface area contributed by atoms with Gasteiger partial charge >= 0.3 is 10.2 Å². The third-order valence-electron chi connectivity index (χ3n) is 8.73. The molecule has 0 atom stereocenters. The summed E-state index contributed by atoms with van der Waals surface area (Å²) in [7, 11) is 0.394. The van der Waals surface area contributed by atoms with Crippen LogP contribution >= 0.6 is 0 Å². The fraction of sp³-hybridized carbons (Fsp3) is 0.419. The van der Waals surface area contributed by atoms with Crippen LogP contribution in [0, 0.1) is 0 Å². The van der Waals surface area contributed by atoms with Gasteiger partial charge in [-0.1, -0.05) is 25.3 Å². The first-order chi connectivity index (χ1) is 20.1. The highest BCUT2D eigenvalue weighted by Crippen LogP contribution is 2.47. The molecule has 11 heteroatoms. The van der Waals surface area contributed by atoms with Crippen molar-refractivity contribution in [2.75, 3.05) is 34.3 Å². The number of fused-ring (bicyclic) bond motifs is 5. The highest BCUT2D eigenvalue weighted by molar-refractivity contribution is 7.87. The summed E-state index contributed by atoms with van der Waals surface area (Å²) >= 11 is 0. The largest absolute Gasteiger partial charge is 0.497 e. The number of nitrogens with zero attached hydrogens (tertiary/aromatic N) is 3. The van der Waals surface area contributed by atoms with Gasteiger partial charge < -0.3 is 19.9 Å². The number of nitrogens with two attached hydrogens (primary N) is 1. The van der Waals surface area contributed by atoms with Crippen molar-refractivity contribution in [3.05, 3.63) is 58.7 Å². The second-order valence-corrected chi connectivity index (χ2v) is 13.6. The lowest BCUT2D eigenvalue weighted by atomic mass is 9.81. The number of carbonyl (C=O) groups is 2. The Kier molecular flexibility index (Phi) is 7.36. The van der Waals surface area contributed by atoms with E-state index in [1.54, 1.807) is 24.1 Å². The fourth-order valence-corrected chi connectivity index (χ4v) is 7.00. The van der Waals surface area contributed by atoms with Gasteiger partial charge in [0.1, 0.15) is 5.75 Å². The molecule has 10 nitrogen and oxygen atoms in total. The molecule has 1 aromatic heterocycles. The van der Waals surface area contributed by atoms with E-state index in [4.69, 9.17) is 10.5 Å². The lowest BCUT2D eigenvalue weighted by Crippen LogP contribution is -2.58. The summed E-state index contributed by atoms with van der Waals surface area (Å²) in [6.07, 6.45) is 7.57. The van der Waals surface area contributed by atoms with Crippen LogP contribution in [-0.2, 0) is 21.5 Å². The first-order valence-corrected chi connectivity index (χ1v) is 15.9. The molecule has 0 radical (unpaired) electrons. The van der Waals surface area contributed by atoms with Gasteiger partial charge in [0.25, 0.3) is 11.8 Å². The van der Waals surface area contributed by atoms with Crippen molar-refractivity contribution in [2.24, 2.45) is 5.73 Å². The molecule has 1 saturated heterocycles. The number of benzene rings is 2. The summed E-state index contributed by atoms with van der Waals surface area (Å²) < 4.78 is 35.6. The minimum Gasteiger partial charge on any atom is -0.497 e. The Morgan fingerprint density at radius 1 is 1.05 bits per heavy atom. The molecule has 0 unspecified atom stereocenters. The Balaban J connectivity index is 1.56. The Hall–Kier alpha value is -3.67. The number of hydrogen-bond acceptors (Lipinski definition) is 6. The van der Waals surface area contributed by atoms with Gasteiger partial charge in [-0.05, 0) is 66.3 Å². The maximum Gasteiger partial charge on any atom is 0.303 e. The maximum absolute atomic E-state index is 13.7. The zero-order valence-electron chi connectivity index (χ0n) is 24.2. The van der Waals surface area contributed by atoms with E-state index in [-0.39, 0.29) is 17.5 Å². The summed E-state index contributed by atoms with van der Waals surface area (Å²) in [5.74, 6) is 0.255. The van der Waals surface area contributed by atoms with E-state index in [1.165, 1.54) is 26.1 Å². The van der Waals surface area contributed by atoms with Crippen LogP contribution in [0.4, 0.5) is 0 Å². The van der Waals surface area contributed by atoms with E-state index >= 15 is 0 Å². The van der Waals surface area contributed by atoms with E-state index < -0.39 is 16.1 Å². The Labute approximate surface area is 246 Å². The Bertz CT molecular complexity index is 1710. The van der Waals surface area contributed by atoms with Crippen molar-refractivity contribution in [3.8, 4) is 17.0 Å². The molecule has 222 valence electrons. The first kappa shape index (κ1) is 28.4. The molecule has 1 aliphatic carbocycles.